The van der Waals surface area contributed by atoms with E-state index in [4.69, 9.17) is 0 Å². The van der Waals surface area contributed by atoms with Crippen LogP contribution in [0.4, 0.5) is 8.78 Å². The first kappa shape index (κ1) is 30.2. The van der Waals surface area contributed by atoms with E-state index in [1.54, 1.807) is 4.90 Å². The number of carbonyl (C=O) groups is 4. The summed E-state index contributed by atoms with van der Waals surface area (Å²) < 4.78 is 27.7. The topological polar surface area (TPSA) is 115 Å². The molecular weight excluding hydrogens is 556 g/mol. The summed E-state index contributed by atoms with van der Waals surface area (Å²) in [6, 6.07) is 13.0. The number of amides is 4. The standard InChI is InChI=1S/C32H37F2N5O4/c1-19(40)38-15-14-23-11-13-27(29(42)37-31(2,3)21-8-6-5-7-9-21)39(23)30(43)26(18-38)36-28(41)25-17-20-16-22(32(4,33)34)10-12-24(20)35-25/h5-10,12,16-17,23,26-27,35H,11,13-15,18H2,1-4H3,(H,36,41)(H,37,42)/t23-,26+,27+/m1/s1. The number of nitrogens with zero attached hydrogens (tertiary/aromatic N) is 2. The van der Waals surface area contributed by atoms with Crippen LogP contribution in [0.25, 0.3) is 10.9 Å². The maximum atomic E-state index is 14.1. The molecule has 3 atom stereocenters. The van der Waals surface area contributed by atoms with Crippen LogP contribution >= 0.6 is 0 Å². The van der Waals surface area contributed by atoms with Gasteiger partial charge in [-0.25, -0.2) is 8.78 Å². The van der Waals surface area contributed by atoms with Gasteiger partial charge in [0.15, 0.2) is 0 Å². The third-order valence-electron chi connectivity index (χ3n) is 8.55. The van der Waals surface area contributed by atoms with Crippen LogP contribution in [-0.4, -0.2) is 69.6 Å². The van der Waals surface area contributed by atoms with Gasteiger partial charge in [-0.2, -0.15) is 0 Å². The minimum absolute atomic E-state index is 0.0561. The SMILES string of the molecule is CC(=O)N1CC[C@H]2CC[C@@H](C(=O)NC(C)(C)c3ccccc3)N2C(=O)[C@@H](NC(=O)c2cc3cc(C(C)(F)F)ccc3[nH]2)C1. The van der Waals surface area contributed by atoms with Crippen molar-refractivity contribution < 1.29 is 28.0 Å². The molecule has 3 N–H and O–H groups in total. The van der Waals surface area contributed by atoms with Crippen molar-refractivity contribution in [3.63, 3.8) is 0 Å². The fourth-order valence-corrected chi connectivity index (χ4v) is 6.11. The van der Waals surface area contributed by atoms with Crippen molar-refractivity contribution in [2.24, 2.45) is 0 Å². The Balaban J connectivity index is 1.39. The minimum Gasteiger partial charge on any atom is -0.351 e. The molecule has 2 saturated heterocycles. The Labute approximate surface area is 249 Å². The van der Waals surface area contributed by atoms with E-state index in [-0.39, 0.29) is 35.7 Å². The van der Waals surface area contributed by atoms with Gasteiger partial charge in [0.05, 0.1) is 5.54 Å². The van der Waals surface area contributed by atoms with Gasteiger partial charge in [0.1, 0.15) is 17.8 Å². The number of aromatic nitrogens is 1. The molecule has 228 valence electrons. The summed E-state index contributed by atoms with van der Waals surface area (Å²) in [7, 11) is 0. The Hall–Kier alpha value is -4.28. The Morgan fingerprint density at radius 1 is 0.953 bits per heavy atom. The number of alkyl halides is 2. The van der Waals surface area contributed by atoms with Crippen molar-refractivity contribution in [2.75, 3.05) is 13.1 Å². The molecule has 0 unspecified atom stereocenters. The average Bonchev–Trinajstić information content (AvgIpc) is 3.57. The molecule has 3 aromatic rings. The van der Waals surface area contributed by atoms with E-state index in [9.17, 15) is 28.0 Å². The molecule has 4 amide bonds. The number of nitrogens with one attached hydrogen (secondary N) is 3. The van der Waals surface area contributed by atoms with Crippen LogP contribution in [0.15, 0.2) is 54.6 Å². The van der Waals surface area contributed by atoms with Gasteiger partial charge in [0.25, 0.3) is 11.8 Å². The van der Waals surface area contributed by atoms with Crippen LogP contribution in [0.5, 0.6) is 0 Å². The molecule has 43 heavy (non-hydrogen) atoms. The molecule has 0 radical (unpaired) electrons. The summed E-state index contributed by atoms with van der Waals surface area (Å²) >= 11 is 0. The van der Waals surface area contributed by atoms with E-state index in [1.165, 1.54) is 36.1 Å². The molecule has 2 aliphatic rings. The normalized spacial score (nSPS) is 21.3. The van der Waals surface area contributed by atoms with Crippen LogP contribution in [-0.2, 0) is 25.8 Å². The van der Waals surface area contributed by atoms with Crippen molar-refractivity contribution in [3.8, 4) is 0 Å². The lowest BCUT2D eigenvalue weighted by molar-refractivity contribution is -0.145. The number of rotatable bonds is 6. The van der Waals surface area contributed by atoms with Gasteiger partial charge in [-0.1, -0.05) is 36.4 Å². The number of benzene rings is 2. The van der Waals surface area contributed by atoms with Crippen LogP contribution in [0.1, 0.15) is 68.6 Å². The molecular formula is C32H37F2N5O4. The molecule has 2 fully saturated rings. The minimum atomic E-state index is -3.04. The summed E-state index contributed by atoms with van der Waals surface area (Å²) in [5, 5.41) is 6.28. The maximum absolute atomic E-state index is 14.1. The number of H-pyrrole nitrogens is 1. The molecule has 0 aliphatic carbocycles. The van der Waals surface area contributed by atoms with Gasteiger partial charge in [-0.05, 0) is 56.9 Å². The number of halogens is 2. The molecule has 3 heterocycles. The predicted octanol–water partition coefficient (Wildman–Crippen LogP) is 4.04. The second kappa shape index (κ2) is 11.4. The van der Waals surface area contributed by atoms with Gasteiger partial charge in [0.2, 0.25) is 17.7 Å². The lowest BCUT2D eigenvalue weighted by Gasteiger charge is -2.39. The Morgan fingerprint density at radius 2 is 1.67 bits per heavy atom. The van der Waals surface area contributed by atoms with E-state index in [0.29, 0.717) is 36.7 Å². The van der Waals surface area contributed by atoms with Gasteiger partial charge in [0, 0.05) is 49.4 Å². The first-order valence-corrected chi connectivity index (χ1v) is 14.5. The van der Waals surface area contributed by atoms with Crippen molar-refractivity contribution >= 4 is 34.5 Å². The van der Waals surface area contributed by atoms with Crippen LogP contribution in [0.3, 0.4) is 0 Å². The summed E-state index contributed by atoms with van der Waals surface area (Å²) in [5.74, 6) is -4.61. The third kappa shape index (κ3) is 6.25. The molecule has 0 bridgehead atoms. The van der Waals surface area contributed by atoms with E-state index in [1.807, 2.05) is 44.2 Å². The molecule has 11 heteroatoms. The summed E-state index contributed by atoms with van der Waals surface area (Å²) in [6.45, 7) is 6.34. The zero-order valence-corrected chi connectivity index (χ0v) is 24.7. The predicted molar refractivity (Wildman–Crippen MR) is 157 cm³/mol. The maximum Gasteiger partial charge on any atom is 0.270 e. The first-order valence-electron chi connectivity index (χ1n) is 14.5. The van der Waals surface area contributed by atoms with E-state index < -0.39 is 35.4 Å². The number of fused-ring (bicyclic) bond motifs is 2. The largest absolute Gasteiger partial charge is 0.351 e. The van der Waals surface area contributed by atoms with Gasteiger partial charge in [-0.3, -0.25) is 19.2 Å². The van der Waals surface area contributed by atoms with Crippen LogP contribution in [0.2, 0.25) is 0 Å². The van der Waals surface area contributed by atoms with Crippen molar-refractivity contribution in [3.05, 3.63) is 71.4 Å². The number of aromatic amines is 1. The summed E-state index contributed by atoms with van der Waals surface area (Å²) in [5.41, 5.74) is 0.640. The zero-order chi connectivity index (χ0) is 31.1. The molecule has 9 nitrogen and oxygen atoms in total. The lowest BCUT2D eigenvalue weighted by atomic mass is 9.94. The molecule has 0 saturated carbocycles. The van der Waals surface area contributed by atoms with Crippen molar-refractivity contribution in [1.82, 2.24) is 25.4 Å². The third-order valence-corrected chi connectivity index (χ3v) is 8.55. The average molecular weight is 594 g/mol. The number of hydrogen-bond acceptors (Lipinski definition) is 4. The van der Waals surface area contributed by atoms with Crippen molar-refractivity contribution in [2.45, 2.75) is 76.5 Å². The summed E-state index contributed by atoms with van der Waals surface area (Å²) in [6.07, 6.45) is 1.57. The highest BCUT2D eigenvalue weighted by atomic mass is 19.3. The molecule has 0 spiro atoms. The van der Waals surface area contributed by atoms with Crippen LogP contribution < -0.4 is 10.6 Å². The highest BCUT2D eigenvalue weighted by Gasteiger charge is 2.46. The molecule has 2 aromatic carbocycles. The zero-order valence-electron chi connectivity index (χ0n) is 24.7. The Morgan fingerprint density at radius 3 is 2.35 bits per heavy atom. The van der Waals surface area contributed by atoms with E-state index in [2.05, 4.69) is 15.6 Å². The number of carbonyl (C=O) groups excluding carboxylic acids is 4. The van der Waals surface area contributed by atoms with Gasteiger partial charge < -0.3 is 25.4 Å². The van der Waals surface area contributed by atoms with Gasteiger partial charge >= 0.3 is 0 Å². The second-order valence-electron chi connectivity index (χ2n) is 12.1. The fraction of sp³-hybridized carbons (Fsp3) is 0.438. The lowest BCUT2D eigenvalue weighted by Crippen LogP contribution is -2.61. The molecule has 2 aliphatic heterocycles. The second-order valence-corrected chi connectivity index (χ2v) is 12.1. The quantitative estimate of drug-likeness (QED) is 0.400. The monoisotopic (exact) mass is 593 g/mol. The Bertz CT molecular complexity index is 1550. The fourth-order valence-electron chi connectivity index (χ4n) is 6.11. The van der Waals surface area contributed by atoms with Gasteiger partial charge in [-0.15, -0.1) is 0 Å². The highest BCUT2D eigenvalue weighted by Crippen LogP contribution is 2.32. The summed E-state index contributed by atoms with van der Waals surface area (Å²) in [4.78, 5) is 59.6. The smallest absolute Gasteiger partial charge is 0.270 e. The van der Waals surface area contributed by atoms with E-state index >= 15 is 0 Å². The highest BCUT2D eigenvalue weighted by molar-refractivity contribution is 6.01. The molecule has 1 aromatic heterocycles. The molecule has 5 rings (SSSR count). The van der Waals surface area contributed by atoms with E-state index in [0.717, 1.165) is 12.5 Å². The first-order chi connectivity index (χ1) is 20.2. The van der Waals surface area contributed by atoms with Crippen molar-refractivity contribution in [1.29, 1.82) is 0 Å². The number of hydrogen-bond donors (Lipinski definition) is 3. The van der Waals surface area contributed by atoms with Crippen LogP contribution in [0, 0.1) is 0 Å². The Kier molecular flexibility index (Phi) is 8.02.